The highest BCUT2D eigenvalue weighted by Gasteiger charge is 2.23. The van der Waals surface area contributed by atoms with Crippen LogP contribution in [0, 0.1) is 0 Å². The molecule has 1 aromatic carbocycles. The van der Waals surface area contributed by atoms with Crippen molar-refractivity contribution in [1.82, 2.24) is 10.2 Å². The smallest absolute Gasteiger partial charge is 0.239 e. The van der Waals surface area contributed by atoms with E-state index in [1.807, 2.05) is 31.3 Å². The molecule has 1 aliphatic heterocycles. The number of methoxy groups -OCH3 is 1. The molecule has 1 heterocycles. The molecule has 1 N–H and O–H groups in total. The van der Waals surface area contributed by atoms with Gasteiger partial charge in [-0.25, -0.2) is 0 Å². The molecule has 1 aromatic rings. The van der Waals surface area contributed by atoms with E-state index in [2.05, 4.69) is 5.32 Å². The molecule has 1 amide bonds. The summed E-state index contributed by atoms with van der Waals surface area (Å²) >= 11 is 0. The Kier molecular flexibility index (Phi) is 4.80. The van der Waals surface area contributed by atoms with Crippen LogP contribution in [0.4, 0.5) is 0 Å². The summed E-state index contributed by atoms with van der Waals surface area (Å²) < 4.78 is 5.32. The van der Waals surface area contributed by atoms with E-state index in [0.717, 1.165) is 30.7 Å². The number of rotatable bonds is 4. The molecule has 0 spiro atoms. The van der Waals surface area contributed by atoms with Crippen LogP contribution in [0.5, 0.6) is 5.75 Å². The Morgan fingerprint density at radius 2 is 2.21 bits per heavy atom. The molecule has 0 radical (unpaired) electrons. The van der Waals surface area contributed by atoms with Crippen LogP contribution in [0.3, 0.4) is 0 Å². The lowest BCUT2D eigenvalue weighted by Crippen LogP contribution is -2.47. The number of piperidine rings is 1. The van der Waals surface area contributed by atoms with Crippen molar-refractivity contribution in [2.45, 2.75) is 31.8 Å². The molecule has 4 heteroatoms. The summed E-state index contributed by atoms with van der Waals surface area (Å²) in [5.41, 5.74) is 1.04. The highest BCUT2D eigenvalue weighted by molar-refractivity contribution is 5.81. The largest absolute Gasteiger partial charge is 0.496 e. The number of hydrogen-bond acceptors (Lipinski definition) is 3. The van der Waals surface area contributed by atoms with Crippen LogP contribution in [0.1, 0.15) is 24.8 Å². The molecule has 1 saturated heterocycles. The number of para-hydroxylation sites is 1. The first-order chi connectivity index (χ1) is 9.22. The summed E-state index contributed by atoms with van der Waals surface area (Å²) in [4.78, 5) is 14.1. The third kappa shape index (κ3) is 3.47. The van der Waals surface area contributed by atoms with Gasteiger partial charge < -0.3 is 15.0 Å². The first-order valence-corrected chi connectivity index (χ1v) is 6.82. The summed E-state index contributed by atoms with van der Waals surface area (Å²) in [5.74, 6) is 1.00. The van der Waals surface area contributed by atoms with E-state index in [1.54, 1.807) is 12.0 Å². The number of nitrogens with zero attached hydrogens (tertiary/aromatic N) is 1. The molecule has 0 saturated carbocycles. The van der Waals surface area contributed by atoms with Crippen LogP contribution in [0.2, 0.25) is 0 Å². The Hall–Kier alpha value is -1.55. The quantitative estimate of drug-likeness (QED) is 0.899. The number of benzene rings is 1. The molecular weight excluding hydrogens is 240 g/mol. The molecule has 0 bridgehead atoms. The molecule has 0 aliphatic carbocycles. The Labute approximate surface area is 114 Å². The van der Waals surface area contributed by atoms with Gasteiger partial charge in [0.25, 0.3) is 0 Å². The fraction of sp³-hybridized carbons (Fsp3) is 0.533. The SMILES string of the molecule is COc1ccccc1CN(C)C(=O)[C@H]1CCCCN1. The summed E-state index contributed by atoms with van der Waals surface area (Å²) in [6, 6.07) is 7.80. The second kappa shape index (κ2) is 6.57. The monoisotopic (exact) mass is 262 g/mol. The average molecular weight is 262 g/mol. The standard InChI is InChI=1S/C15H22N2O2/c1-17(15(18)13-8-5-6-10-16-13)11-12-7-3-4-9-14(12)19-2/h3-4,7,9,13,16H,5-6,8,10-11H2,1-2H3/t13-/m1/s1. The molecule has 4 nitrogen and oxygen atoms in total. The van der Waals surface area contributed by atoms with Gasteiger partial charge >= 0.3 is 0 Å². The average Bonchev–Trinajstić information content (AvgIpc) is 2.48. The summed E-state index contributed by atoms with van der Waals surface area (Å²) in [7, 11) is 3.51. The summed E-state index contributed by atoms with van der Waals surface area (Å²) in [6.45, 7) is 1.53. The second-order valence-electron chi connectivity index (χ2n) is 5.01. The van der Waals surface area contributed by atoms with E-state index in [0.29, 0.717) is 6.54 Å². The number of ether oxygens (including phenoxy) is 1. The Balaban J connectivity index is 1.99. The van der Waals surface area contributed by atoms with Gasteiger partial charge in [0.1, 0.15) is 5.75 Å². The Bertz CT molecular complexity index is 428. The minimum atomic E-state index is -0.0199. The molecule has 2 rings (SSSR count). The maximum atomic E-state index is 12.3. The fourth-order valence-corrected chi connectivity index (χ4v) is 2.50. The third-order valence-corrected chi connectivity index (χ3v) is 3.58. The van der Waals surface area contributed by atoms with Gasteiger partial charge in [0.2, 0.25) is 5.91 Å². The molecule has 0 aromatic heterocycles. The zero-order chi connectivity index (χ0) is 13.7. The molecule has 1 aliphatic rings. The number of amides is 1. The Morgan fingerprint density at radius 1 is 1.42 bits per heavy atom. The molecule has 19 heavy (non-hydrogen) atoms. The number of carbonyl (C=O) groups is 1. The van der Waals surface area contributed by atoms with Gasteiger partial charge in [-0.15, -0.1) is 0 Å². The van der Waals surface area contributed by atoms with Gasteiger partial charge in [-0.05, 0) is 25.5 Å². The van der Waals surface area contributed by atoms with Crippen molar-refractivity contribution in [2.24, 2.45) is 0 Å². The first kappa shape index (κ1) is 13.9. The highest BCUT2D eigenvalue weighted by Crippen LogP contribution is 2.19. The van der Waals surface area contributed by atoms with Crippen molar-refractivity contribution in [3.63, 3.8) is 0 Å². The van der Waals surface area contributed by atoms with Crippen molar-refractivity contribution in [3.05, 3.63) is 29.8 Å². The van der Waals surface area contributed by atoms with Crippen molar-refractivity contribution in [3.8, 4) is 5.75 Å². The highest BCUT2D eigenvalue weighted by atomic mass is 16.5. The zero-order valence-corrected chi connectivity index (χ0v) is 11.7. The van der Waals surface area contributed by atoms with Crippen LogP contribution < -0.4 is 10.1 Å². The third-order valence-electron chi connectivity index (χ3n) is 3.58. The number of likely N-dealkylation sites (N-methyl/N-ethyl adjacent to an activating group) is 1. The fourth-order valence-electron chi connectivity index (χ4n) is 2.50. The van der Waals surface area contributed by atoms with Crippen LogP contribution >= 0.6 is 0 Å². The van der Waals surface area contributed by atoms with Crippen LogP contribution in [0.15, 0.2) is 24.3 Å². The lowest BCUT2D eigenvalue weighted by Gasteiger charge is -2.27. The van der Waals surface area contributed by atoms with E-state index in [4.69, 9.17) is 4.74 Å². The van der Waals surface area contributed by atoms with E-state index >= 15 is 0 Å². The summed E-state index contributed by atoms with van der Waals surface area (Å²) in [6.07, 6.45) is 3.24. The molecule has 104 valence electrons. The van der Waals surface area contributed by atoms with E-state index < -0.39 is 0 Å². The van der Waals surface area contributed by atoms with Crippen LogP contribution in [-0.4, -0.2) is 37.6 Å². The van der Waals surface area contributed by atoms with Crippen molar-refractivity contribution in [2.75, 3.05) is 20.7 Å². The van der Waals surface area contributed by atoms with Gasteiger partial charge in [0, 0.05) is 19.2 Å². The van der Waals surface area contributed by atoms with Crippen molar-refractivity contribution >= 4 is 5.91 Å². The second-order valence-corrected chi connectivity index (χ2v) is 5.01. The molecule has 1 atom stereocenters. The van der Waals surface area contributed by atoms with Gasteiger partial charge in [0.05, 0.1) is 13.2 Å². The van der Waals surface area contributed by atoms with Gasteiger partial charge in [0.15, 0.2) is 0 Å². The summed E-state index contributed by atoms with van der Waals surface area (Å²) in [5, 5.41) is 3.29. The number of carbonyl (C=O) groups excluding carboxylic acids is 1. The van der Waals surface area contributed by atoms with Gasteiger partial charge in [-0.1, -0.05) is 24.6 Å². The van der Waals surface area contributed by atoms with E-state index in [1.165, 1.54) is 6.42 Å². The number of hydrogen-bond donors (Lipinski definition) is 1. The molecular formula is C15H22N2O2. The van der Waals surface area contributed by atoms with Crippen LogP contribution in [0.25, 0.3) is 0 Å². The van der Waals surface area contributed by atoms with E-state index in [9.17, 15) is 4.79 Å². The van der Waals surface area contributed by atoms with Crippen molar-refractivity contribution in [1.29, 1.82) is 0 Å². The normalized spacial score (nSPS) is 18.9. The lowest BCUT2D eigenvalue weighted by atomic mass is 10.0. The number of nitrogens with one attached hydrogen (secondary N) is 1. The Morgan fingerprint density at radius 3 is 2.89 bits per heavy atom. The predicted molar refractivity (Wildman–Crippen MR) is 75.1 cm³/mol. The van der Waals surface area contributed by atoms with Crippen LogP contribution in [-0.2, 0) is 11.3 Å². The predicted octanol–water partition coefficient (Wildman–Crippen LogP) is 1.80. The maximum Gasteiger partial charge on any atom is 0.239 e. The maximum absolute atomic E-state index is 12.3. The minimum absolute atomic E-state index is 0.0199. The van der Waals surface area contributed by atoms with Gasteiger partial charge in [-0.2, -0.15) is 0 Å². The van der Waals surface area contributed by atoms with E-state index in [-0.39, 0.29) is 11.9 Å². The van der Waals surface area contributed by atoms with Crippen molar-refractivity contribution < 1.29 is 9.53 Å². The molecule has 0 unspecified atom stereocenters. The lowest BCUT2D eigenvalue weighted by molar-refractivity contribution is -0.133. The van der Waals surface area contributed by atoms with Gasteiger partial charge in [-0.3, -0.25) is 4.79 Å². The first-order valence-electron chi connectivity index (χ1n) is 6.82. The molecule has 1 fully saturated rings. The zero-order valence-electron chi connectivity index (χ0n) is 11.7. The minimum Gasteiger partial charge on any atom is -0.496 e. The topological polar surface area (TPSA) is 41.6 Å².